The minimum absolute atomic E-state index is 0.0708. The van der Waals surface area contributed by atoms with Crippen molar-refractivity contribution in [1.82, 2.24) is 5.32 Å². The van der Waals surface area contributed by atoms with Crippen molar-refractivity contribution in [1.29, 1.82) is 0 Å². The van der Waals surface area contributed by atoms with Gasteiger partial charge in [0.15, 0.2) is 0 Å². The van der Waals surface area contributed by atoms with Crippen LogP contribution in [0.5, 0.6) is 11.5 Å². The van der Waals surface area contributed by atoms with Crippen LogP contribution in [0.1, 0.15) is 33.6 Å². The summed E-state index contributed by atoms with van der Waals surface area (Å²) in [5.41, 5.74) is 1.39. The molecule has 1 fully saturated rings. The number of anilines is 1. The molecule has 1 unspecified atom stereocenters. The Hall–Kier alpha value is -3.84. The Morgan fingerprint density at radius 1 is 0.882 bits per heavy atom. The molecule has 1 aliphatic heterocycles. The van der Waals surface area contributed by atoms with Crippen molar-refractivity contribution in [2.45, 2.75) is 18.9 Å². The molecule has 2 amide bonds. The van der Waals surface area contributed by atoms with Crippen LogP contribution in [0, 0.1) is 0 Å². The topological polar surface area (TPSA) is 85.9 Å². The predicted molar refractivity (Wildman–Crippen MR) is 130 cm³/mol. The summed E-state index contributed by atoms with van der Waals surface area (Å²) in [5.74, 6) is 0.698. The molecule has 7 heteroatoms. The second-order valence-corrected chi connectivity index (χ2v) is 7.89. The standard InChI is InChI=1S/C27H28N2O5/c30-26(28-19-23-12-7-15-32-23)20-8-6-9-21(18-20)29-27(31)24-13-4-5-14-25(24)34-17-16-33-22-10-2-1-3-11-22/h1-6,8-11,13-14,18,23H,7,12,15-17,19H2,(H,28,30)(H,29,31). The summed E-state index contributed by atoms with van der Waals surface area (Å²) in [6.45, 7) is 1.87. The maximum absolute atomic E-state index is 12.9. The Morgan fingerprint density at radius 2 is 1.68 bits per heavy atom. The lowest BCUT2D eigenvalue weighted by Gasteiger charge is -2.13. The first kappa shape index (κ1) is 23.3. The maximum Gasteiger partial charge on any atom is 0.259 e. The Kier molecular flexibility index (Phi) is 8.13. The molecule has 34 heavy (non-hydrogen) atoms. The number of benzene rings is 3. The molecule has 0 aliphatic carbocycles. The average molecular weight is 461 g/mol. The molecule has 0 spiro atoms. The molecule has 2 N–H and O–H groups in total. The van der Waals surface area contributed by atoms with Crippen molar-refractivity contribution in [3.63, 3.8) is 0 Å². The zero-order valence-corrected chi connectivity index (χ0v) is 18.9. The zero-order valence-electron chi connectivity index (χ0n) is 18.9. The maximum atomic E-state index is 12.9. The van der Waals surface area contributed by atoms with Crippen LogP contribution in [0.4, 0.5) is 5.69 Å². The highest BCUT2D eigenvalue weighted by Crippen LogP contribution is 2.21. The van der Waals surface area contributed by atoms with Crippen LogP contribution in [0.25, 0.3) is 0 Å². The van der Waals surface area contributed by atoms with E-state index in [0.29, 0.717) is 42.3 Å². The summed E-state index contributed by atoms with van der Waals surface area (Å²) >= 11 is 0. The second kappa shape index (κ2) is 11.9. The fourth-order valence-electron chi connectivity index (χ4n) is 3.66. The van der Waals surface area contributed by atoms with Crippen molar-refractivity contribution in [2.75, 3.05) is 31.7 Å². The van der Waals surface area contributed by atoms with E-state index in [1.807, 2.05) is 36.4 Å². The highest BCUT2D eigenvalue weighted by Gasteiger charge is 2.17. The Bertz CT molecular complexity index is 1100. The van der Waals surface area contributed by atoms with Crippen LogP contribution in [-0.2, 0) is 4.74 Å². The summed E-state index contributed by atoms with van der Waals surface area (Å²) < 4.78 is 17.0. The van der Waals surface area contributed by atoms with Gasteiger partial charge in [-0.15, -0.1) is 0 Å². The van der Waals surface area contributed by atoms with Crippen LogP contribution in [0.3, 0.4) is 0 Å². The number of amides is 2. The number of nitrogens with one attached hydrogen (secondary N) is 2. The summed E-state index contributed by atoms with van der Waals surface area (Å²) in [6.07, 6.45) is 2.05. The third-order valence-electron chi connectivity index (χ3n) is 5.38. The molecule has 1 atom stereocenters. The highest BCUT2D eigenvalue weighted by atomic mass is 16.5. The zero-order chi connectivity index (χ0) is 23.6. The molecule has 0 saturated carbocycles. The molecule has 3 aromatic carbocycles. The van der Waals surface area contributed by atoms with E-state index in [9.17, 15) is 9.59 Å². The van der Waals surface area contributed by atoms with Gasteiger partial charge in [-0.05, 0) is 55.3 Å². The molecule has 0 aromatic heterocycles. The average Bonchev–Trinajstić information content (AvgIpc) is 3.40. The Labute approximate surface area is 199 Å². The van der Waals surface area contributed by atoms with Gasteiger partial charge in [-0.1, -0.05) is 36.4 Å². The van der Waals surface area contributed by atoms with E-state index in [0.717, 1.165) is 25.2 Å². The summed E-state index contributed by atoms with van der Waals surface area (Å²) in [7, 11) is 0. The summed E-state index contributed by atoms with van der Waals surface area (Å²) in [6, 6.07) is 23.3. The lowest BCUT2D eigenvalue weighted by molar-refractivity contribution is 0.0857. The second-order valence-electron chi connectivity index (χ2n) is 7.89. The van der Waals surface area contributed by atoms with Crippen LogP contribution in [-0.4, -0.2) is 44.3 Å². The van der Waals surface area contributed by atoms with Crippen LogP contribution < -0.4 is 20.1 Å². The molecule has 0 radical (unpaired) electrons. The molecule has 4 rings (SSSR count). The molecule has 3 aromatic rings. The molecular weight excluding hydrogens is 432 g/mol. The van der Waals surface area contributed by atoms with E-state index in [1.165, 1.54) is 0 Å². The van der Waals surface area contributed by atoms with Gasteiger partial charge in [0.2, 0.25) is 0 Å². The fraction of sp³-hybridized carbons (Fsp3) is 0.259. The van der Waals surface area contributed by atoms with Crippen molar-refractivity contribution in [3.05, 3.63) is 90.0 Å². The number of carbonyl (C=O) groups is 2. The van der Waals surface area contributed by atoms with E-state index in [2.05, 4.69) is 10.6 Å². The Balaban J connectivity index is 1.32. The van der Waals surface area contributed by atoms with Crippen molar-refractivity contribution < 1.29 is 23.8 Å². The van der Waals surface area contributed by atoms with E-state index >= 15 is 0 Å². The van der Waals surface area contributed by atoms with Gasteiger partial charge in [0.25, 0.3) is 11.8 Å². The van der Waals surface area contributed by atoms with Gasteiger partial charge in [0, 0.05) is 24.4 Å². The number of hydrogen-bond acceptors (Lipinski definition) is 5. The number of carbonyl (C=O) groups excluding carboxylic acids is 2. The number of hydrogen-bond donors (Lipinski definition) is 2. The van der Waals surface area contributed by atoms with Crippen molar-refractivity contribution in [3.8, 4) is 11.5 Å². The van der Waals surface area contributed by atoms with E-state index in [4.69, 9.17) is 14.2 Å². The molecule has 176 valence electrons. The summed E-state index contributed by atoms with van der Waals surface area (Å²) in [5, 5.41) is 5.75. The molecule has 7 nitrogen and oxygen atoms in total. The number of ether oxygens (including phenoxy) is 3. The monoisotopic (exact) mass is 460 g/mol. The normalized spacial score (nSPS) is 14.9. The van der Waals surface area contributed by atoms with E-state index < -0.39 is 0 Å². The fourth-order valence-corrected chi connectivity index (χ4v) is 3.66. The molecular formula is C27H28N2O5. The van der Waals surface area contributed by atoms with Crippen molar-refractivity contribution in [2.24, 2.45) is 0 Å². The van der Waals surface area contributed by atoms with Crippen LogP contribution >= 0.6 is 0 Å². The van der Waals surface area contributed by atoms with Gasteiger partial charge in [-0.2, -0.15) is 0 Å². The van der Waals surface area contributed by atoms with Gasteiger partial charge in [0.1, 0.15) is 24.7 Å². The lowest BCUT2D eigenvalue weighted by atomic mass is 10.1. The first-order valence-electron chi connectivity index (χ1n) is 11.4. The van der Waals surface area contributed by atoms with E-state index in [-0.39, 0.29) is 17.9 Å². The summed E-state index contributed by atoms with van der Waals surface area (Å²) in [4.78, 5) is 25.4. The highest BCUT2D eigenvalue weighted by molar-refractivity contribution is 6.06. The van der Waals surface area contributed by atoms with Crippen LogP contribution in [0.15, 0.2) is 78.9 Å². The van der Waals surface area contributed by atoms with Gasteiger partial charge < -0.3 is 24.8 Å². The van der Waals surface area contributed by atoms with Gasteiger partial charge >= 0.3 is 0 Å². The lowest BCUT2D eigenvalue weighted by Crippen LogP contribution is -2.31. The molecule has 1 saturated heterocycles. The Morgan fingerprint density at radius 3 is 2.50 bits per heavy atom. The van der Waals surface area contributed by atoms with Crippen molar-refractivity contribution >= 4 is 17.5 Å². The van der Waals surface area contributed by atoms with Gasteiger partial charge in [-0.3, -0.25) is 9.59 Å². The number of para-hydroxylation sites is 2. The smallest absolute Gasteiger partial charge is 0.259 e. The number of rotatable bonds is 10. The van der Waals surface area contributed by atoms with Gasteiger partial charge in [-0.25, -0.2) is 0 Å². The first-order chi connectivity index (χ1) is 16.7. The molecule has 1 heterocycles. The van der Waals surface area contributed by atoms with Crippen LogP contribution in [0.2, 0.25) is 0 Å². The third-order valence-corrected chi connectivity index (χ3v) is 5.38. The quantitative estimate of drug-likeness (QED) is 0.441. The van der Waals surface area contributed by atoms with E-state index in [1.54, 1.807) is 42.5 Å². The third kappa shape index (κ3) is 6.59. The predicted octanol–water partition coefficient (Wildman–Crippen LogP) is 4.31. The molecule has 0 bridgehead atoms. The first-order valence-corrected chi connectivity index (χ1v) is 11.4. The minimum Gasteiger partial charge on any atom is -0.490 e. The van der Waals surface area contributed by atoms with Gasteiger partial charge in [0.05, 0.1) is 11.7 Å². The minimum atomic E-state index is -0.323. The molecule has 1 aliphatic rings. The largest absolute Gasteiger partial charge is 0.490 e. The SMILES string of the molecule is O=C(NCC1CCCO1)c1cccc(NC(=O)c2ccccc2OCCOc2ccccc2)c1.